The maximum atomic E-state index is 13.0. The number of hydrogen-bond donors (Lipinski definition) is 2. The number of carbonyl (C=O) groups is 1. The van der Waals surface area contributed by atoms with Crippen LogP contribution < -0.4 is 15.5 Å². The van der Waals surface area contributed by atoms with Gasteiger partial charge in [-0.1, -0.05) is 30.3 Å². The van der Waals surface area contributed by atoms with E-state index in [0.29, 0.717) is 24.5 Å². The molecule has 1 aliphatic carbocycles. The molecule has 2 aromatic rings. The number of carbonyl (C=O) groups excluding carboxylic acids is 1. The summed E-state index contributed by atoms with van der Waals surface area (Å²) in [6.45, 7) is 0.569. The summed E-state index contributed by atoms with van der Waals surface area (Å²) in [6, 6.07) is 16.4. The van der Waals surface area contributed by atoms with E-state index in [1.54, 1.807) is 30.3 Å². The maximum Gasteiger partial charge on any atom is 0.414 e. The van der Waals surface area contributed by atoms with Crippen LogP contribution in [0.3, 0.4) is 0 Å². The molecule has 2 unspecified atom stereocenters. The largest absolute Gasteiger partial charge is 0.497 e. The van der Waals surface area contributed by atoms with Crippen molar-refractivity contribution in [3.05, 3.63) is 72.1 Å². The molecule has 34 heavy (non-hydrogen) atoms. The number of methoxy groups -OCH3 is 1. The summed E-state index contributed by atoms with van der Waals surface area (Å²) in [6.07, 6.45) is 2.93. The summed E-state index contributed by atoms with van der Waals surface area (Å²) in [5.74, 6) is 1.13. The van der Waals surface area contributed by atoms with Crippen LogP contribution in [0.1, 0.15) is 30.7 Å². The molecule has 0 radical (unpaired) electrons. The van der Waals surface area contributed by atoms with Crippen molar-refractivity contribution in [1.82, 2.24) is 15.1 Å². The standard InChI is InChI=1S/C24H27N3O6S/c1-31-18-7-9-19(10-8-18)34(29,30)27-13-11-24(12-14-27)16-22(26-33-24)32-23(28)25-21-15-20(21)17-5-3-2-4-6-17/h2-10,16,20-21,26H,11-15H2,1H3,(H,25,28). The molecular weight excluding hydrogens is 458 g/mol. The van der Waals surface area contributed by atoms with Crippen molar-refractivity contribution in [1.29, 1.82) is 0 Å². The van der Waals surface area contributed by atoms with E-state index >= 15 is 0 Å². The lowest BCUT2D eigenvalue weighted by molar-refractivity contribution is -0.0729. The number of hydrogen-bond acceptors (Lipinski definition) is 7. The van der Waals surface area contributed by atoms with Gasteiger partial charge in [-0.05, 0) is 49.1 Å². The van der Waals surface area contributed by atoms with Gasteiger partial charge in [0.25, 0.3) is 0 Å². The SMILES string of the molecule is COc1ccc(S(=O)(=O)N2CCC3(C=C(OC(=O)NC4CC4c4ccccc4)NO3)CC2)cc1. The summed E-state index contributed by atoms with van der Waals surface area (Å²) in [5.41, 5.74) is 3.16. The lowest BCUT2D eigenvalue weighted by atomic mass is 9.93. The van der Waals surface area contributed by atoms with Crippen LogP contribution in [-0.4, -0.2) is 50.7 Å². The van der Waals surface area contributed by atoms with E-state index in [4.69, 9.17) is 14.3 Å². The zero-order chi connectivity index (χ0) is 23.8. The lowest BCUT2D eigenvalue weighted by Gasteiger charge is -2.35. The van der Waals surface area contributed by atoms with Crippen LogP contribution in [0, 0.1) is 0 Å². The molecule has 2 aliphatic heterocycles. The van der Waals surface area contributed by atoms with E-state index < -0.39 is 21.7 Å². The van der Waals surface area contributed by atoms with Gasteiger partial charge in [0.15, 0.2) is 0 Å². The minimum absolute atomic E-state index is 0.0539. The monoisotopic (exact) mass is 485 g/mol. The third-order valence-corrected chi connectivity index (χ3v) is 8.45. The number of sulfonamides is 1. The first-order valence-electron chi connectivity index (χ1n) is 11.2. The molecule has 180 valence electrons. The highest BCUT2D eigenvalue weighted by atomic mass is 32.2. The van der Waals surface area contributed by atoms with Gasteiger partial charge in [-0.2, -0.15) is 4.31 Å². The number of benzene rings is 2. The molecule has 1 saturated heterocycles. The molecular formula is C24H27N3O6S. The second-order valence-electron chi connectivity index (χ2n) is 8.75. The van der Waals surface area contributed by atoms with E-state index in [0.717, 1.165) is 6.42 Å². The highest BCUT2D eigenvalue weighted by Crippen LogP contribution is 2.41. The highest BCUT2D eigenvalue weighted by Gasteiger charge is 2.43. The summed E-state index contributed by atoms with van der Waals surface area (Å²) in [7, 11) is -2.08. The van der Waals surface area contributed by atoms with Crippen LogP contribution in [0.25, 0.3) is 0 Å². The first-order chi connectivity index (χ1) is 16.4. The van der Waals surface area contributed by atoms with E-state index in [1.807, 2.05) is 18.2 Å². The molecule has 2 N–H and O–H groups in total. The third kappa shape index (κ3) is 4.61. The van der Waals surface area contributed by atoms with Crippen molar-refractivity contribution in [2.24, 2.45) is 0 Å². The number of rotatable bonds is 6. The van der Waals surface area contributed by atoms with Gasteiger partial charge in [-0.15, -0.1) is 0 Å². The molecule has 9 nitrogen and oxygen atoms in total. The Labute approximate surface area is 198 Å². The topological polar surface area (TPSA) is 106 Å². The number of piperidine rings is 1. The van der Waals surface area contributed by atoms with Crippen molar-refractivity contribution in [2.45, 2.75) is 41.7 Å². The van der Waals surface area contributed by atoms with Crippen LogP contribution in [-0.2, 0) is 19.6 Å². The van der Waals surface area contributed by atoms with Crippen LogP contribution >= 0.6 is 0 Å². The van der Waals surface area contributed by atoms with Crippen LogP contribution in [0.5, 0.6) is 5.75 Å². The van der Waals surface area contributed by atoms with E-state index in [-0.39, 0.29) is 29.9 Å². The third-order valence-electron chi connectivity index (χ3n) is 6.54. The van der Waals surface area contributed by atoms with Gasteiger partial charge in [-0.3, -0.25) is 4.84 Å². The van der Waals surface area contributed by atoms with Gasteiger partial charge in [-0.25, -0.2) is 18.7 Å². The van der Waals surface area contributed by atoms with Crippen molar-refractivity contribution in [3.8, 4) is 5.75 Å². The van der Waals surface area contributed by atoms with Gasteiger partial charge >= 0.3 is 6.09 Å². The first kappa shape index (κ1) is 22.7. The number of alkyl carbamates (subject to hydrolysis) is 1. The average molecular weight is 486 g/mol. The molecule has 5 rings (SSSR count). The molecule has 2 aromatic carbocycles. The Morgan fingerprint density at radius 2 is 1.82 bits per heavy atom. The Bertz CT molecular complexity index is 1170. The average Bonchev–Trinajstić information content (AvgIpc) is 3.52. The fourth-order valence-corrected chi connectivity index (χ4v) is 5.89. The minimum Gasteiger partial charge on any atom is -0.497 e. The fraction of sp³-hybridized carbons (Fsp3) is 0.375. The van der Waals surface area contributed by atoms with Gasteiger partial charge in [0, 0.05) is 31.1 Å². The molecule has 1 amide bonds. The predicted molar refractivity (Wildman–Crippen MR) is 123 cm³/mol. The molecule has 2 heterocycles. The zero-order valence-corrected chi connectivity index (χ0v) is 19.6. The van der Waals surface area contributed by atoms with Crippen molar-refractivity contribution in [2.75, 3.05) is 20.2 Å². The van der Waals surface area contributed by atoms with Crippen LogP contribution in [0.2, 0.25) is 0 Å². The fourth-order valence-electron chi connectivity index (χ4n) is 4.45. The highest BCUT2D eigenvalue weighted by molar-refractivity contribution is 7.89. The molecule has 3 aliphatic rings. The maximum absolute atomic E-state index is 13.0. The lowest BCUT2D eigenvalue weighted by Crippen LogP contribution is -2.46. The van der Waals surface area contributed by atoms with Gasteiger partial charge in [0.1, 0.15) is 11.4 Å². The normalized spacial score (nSPS) is 23.6. The molecule has 2 fully saturated rings. The molecule has 1 spiro atoms. The number of nitrogens with zero attached hydrogens (tertiary/aromatic N) is 1. The number of hydroxylamine groups is 1. The summed E-state index contributed by atoms with van der Waals surface area (Å²) in [5, 5.41) is 2.88. The Balaban J connectivity index is 1.14. The molecule has 2 atom stereocenters. The zero-order valence-electron chi connectivity index (χ0n) is 18.8. The molecule has 10 heteroatoms. The predicted octanol–water partition coefficient (Wildman–Crippen LogP) is 2.88. The van der Waals surface area contributed by atoms with Crippen LogP contribution in [0.4, 0.5) is 4.79 Å². The van der Waals surface area contributed by atoms with Crippen LogP contribution in [0.15, 0.2) is 71.5 Å². The van der Waals surface area contributed by atoms with Gasteiger partial charge in [0.05, 0.1) is 12.0 Å². The Morgan fingerprint density at radius 1 is 1.12 bits per heavy atom. The van der Waals surface area contributed by atoms with Crippen molar-refractivity contribution < 1.29 is 27.5 Å². The van der Waals surface area contributed by atoms with Gasteiger partial charge < -0.3 is 14.8 Å². The summed E-state index contributed by atoms with van der Waals surface area (Å²) in [4.78, 5) is 18.3. The second-order valence-corrected chi connectivity index (χ2v) is 10.7. The Kier molecular flexibility index (Phi) is 5.97. The van der Waals surface area contributed by atoms with Crippen molar-refractivity contribution >= 4 is 16.1 Å². The minimum atomic E-state index is -3.61. The molecule has 0 aromatic heterocycles. The van der Waals surface area contributed by atoms with E-state index in [2.05, 4.69) is 22.9 Å². The number of amides is 1. The van der Waals surface area contributed by atoms with Gasteiger partial charge in [0.2, 0.25) is 15.9 Å². The smallest absolute Gasteiger partial charge is 0.414 e. The summed E-state index contributed by atoms with van der Waals surface area (Å²) >= 11 is 0. The van der Waals surface area contributed by atoms with E-state index in [9.17, 15) is 13.2 Å². The second kappa shape index (κ2) is 8.94. The Morgan fingerprint density at radius 3 is 2.50 bits per heavy atom. The number of ether oxygens (including phenoxy) is 2. The quantitative estimate of drug-likeness (QED) is 0.648. The molecule has 1 saturated carbocycles. The molecule has 0 bridgehead atoms. The Hall–Kier alpha value is -3.08. The van der Waals surface area contributed by atoms with E-state index in [1.165, 1.54) is 17.0 Å². The summed E-state index contributed by atoms with van der Waals surface area (Å²) < 4.78 is 37.9. The first-order valence-corrected chi connectivity index (χ1v) is 12.7. The number of nitrogens with one attached hydrogen (secondary N) is 2. The van der Waals surface area contributed by atoms with Crippen molar-refractivity contribution in [3.63, 3.8) is 0 Å².